The summed E-state index contributed by atoms with van der Waals surface area (Å²) in [5.74, 6) is 0. The van der Waals surface area contributed by atoms with Gasteiger partial charge in [0.1, 0.15) is 22.3 Å². The van der Waals surface area contributed by atoms with Gasteiger partial charge in [0.25, 0.3) is 6.71 Å². The lowest BCUT2D eigenvalue weighted by molar-refractivity contribution is 0.590. The molecule has 0 N–H and O–H groups in total. The molecule has 0 saturated heterocycles. The highest BCUT2D eigenvalue weighted by Gasteiger charge is 2.46. The van der Waals surface area contributed by atoms with E-state index in [2.05, 4.69) is 457 Å². The predicted molar refractivity (Wildman–Crippen MR) is 534 cm³/mol. The number of aromatic nitrogens is 3. The van der Waals surface area contributed by atoms with Gasteiger partial charge in [0, 0.05) is 105 Å². The Kier molecular flexibility index (Phi) is 16.1. The van der Waals surface area contributed by atoms with Gasteiger partial charge >= 0.3 is 0 Å². The van der Waals surface area contributed by atoms with Crippen molar-refractivity contribution in [2.75, 3.05) is 9.80 Å². The predicted octanol–water partition coefficient (Wildman–Crippen LogP) is 30.0. The van der Waals surface area contributed by atoms with Gasteiger partial charge in [0.05, 0.1) is 67.5 Å². The molecule has 0 fully saturated rings. The van der Waals surface area contributed by atoms with Crippen molar-refractivity contribution in [2.45, 2.75) is 26.2 Å². The van der Waals surface area contributed by atoms with Gasteiger partial charge in [0.15, 0.2) is 0 Å². The third-order valence-electron chi connectivity index (χ3n) is 27.2. The fourth-order valence-corrected chi connectivity index (χ4v) is 21.5. The Bertz CT molecular complexity index is 8760. The topological polar surface area (TPSA) is 71.3 Å². The summed E-state index contributed by atoms with van der Waals surface area (Å²) < 4.78 is 21.0. The van der Waals surface area contributed by atoms with Gasteiger partial charge in [-0.25, -0.2) is 0 Å². The second-order valence-corrected chi connectivity index (χ2v) is 35.2. The lowest BCUT2D eigenvalue weighted by Gasteiger charge is -2.45. The second kappa shape index (κ2) is 28.2. The Hall–Kier alpha value is -16.7. The van der Waals surface area contributed by atoms with Gasteiger partial charge < -0.3 is 32.3 Å². The minimum absolute atomic E-state index is 0.232. The molecule has 7 heterocycles. The Morgan fingerprint density at radius 2 is 0.680 bits per heavy atom. The summed E-state index contributed by atoms with van der Waals surface area (Å²) in [7, 11) is 0. The fraction of sp³-hybridized carbons (Fsp3) is 0.0336. The molecule has 0 unspecified atom stereocenters. The maximum atomic E-state index is 10.6. The molecule has 19 aromatic carbocycles. The van der Waals surface area contributed by atoms with Crippen LogP contribution in [-0.4, -0.2) is 20.4 Å². The van der Waals surface area contributed by atoms with Crippen LogP contribution in [0, 0.1) is 11.3 Å². The first-order valence-corrected chi connectivity index (χ1v) is 44.0. The van der Waals surface area contributed by atoms with E-state index in [0.29, 0.717) is 5.56 Å². The van der Waals surface area contributed by atoms with E-state index >= 15 is 0 Å². The molecule has 5 aromatic heterocycles. The quantitative estimate of drug-likeness (QED) is 0.121. The van der Waals surface area contributed by atoms with Crippen molar-refractivity contribution in [2.24, 2.45) is 0 Å². The minimum Gasteiger partial charge on any atom is -0.456 e. The van der Waals surface area contributed by atoms with Gasteiger partial charge in [-0.15, -0.1) is 0 Å². The van der Waals surface area contributed by atoms with Crippen LogP contribution < -0.4 is 26.2 Å². The number of nitrogens with zero attached hydrogens (tertiary/aromatic N) is 6. The van der Waals surface area contributed by atoms with Crippen LogP contribution in [-0.2, 0) is 5.41 Å². The van der Waals surface area contributed by atoms with Gasteiger partial charge in [-0.3, -0.25) is 0 Å². The summed E-state index contributed by atoms with van der Waals surface area (Å²) in [6, 6.07) is 155. The maximum Gasteiger partial charge on any atom is 0.252 e. The summed E-state index contributed by atoms with van der Waals surface area (Å²) >= 11 is 0. The monoisotopic (exact) mass is 1630 g/mol. The van der Waals surface area contributed by atoms with Crippen LogP contribution in [0.4, 0.5) is 34.1 Å². The van der Waals surface area contributed by atoms with Crippen LogP contribution in [0.1, 0.15) is 31.9 Å². The average molecular weight is 1630 g/mol. The molecule has 0 amide bonds. The average Bonchev–Trinajstić information content (AvgIpc) is 0.900. The normalized spacial score (nSPS) is 12.6. The number of nitriles is 1. The third kappa shape index (κ3) is 11.0. The lowest BCUT2D eigenvalue weighted by atomic mass is 9.33. The van der Waals surface area contributed by atoms with Crippen molar-refractivity contribution in [1.29, 1.82) is 5.26 Å². The van der Waals surface area contributed by atoms with Crippen molar-refractivity contribution < 1.29 is 8.83 Å². The molecule has 26 rings (SSSR count). The Balaban J connectivity index is 0.839. The number of hydrogen-bond donors (Lipinski definition) is 0. The van der Waals surface area contributed by atoms with Crippen LogP contribution >= 0.6 is 0 Å². The molecule has 0 aliphatic carbocycles. The molecule has 2 aliphatic rings. The van der Waals surface area contributed by atoms with Crippen molar-refractivity contribution in [3.05, 3.63) is 424 Å². The minimum atomic E-state index is -0.393. The molecule has 0 saturated carbocycles. The second-order valence-electron chi connectivity index (χ2n) is 35.2. The van der Waals surface area contributed by atoms with E-state index in [0.717, 1.165) is 222 Å². The van der Waals surface area contributed by atoms with E-state index < -0.39 is 6.71 Å². The van der Waals surface area contributed by atoms with Crippen LogP contribution in [0.5, 0.6) is 0 Å². The Labute approximate surface area is 738 Å². The number of hydrogen-bond acceptors (Lipinski definition) is 5. The zero-order valence-corrected chi connectivity index (χ0v) is 70.3. The number of fused-ring (bicyclic) bond motifs is 19. The van der Waals surface area contributed by atoms with Crippen molar-refractivity contribution in [3.63, 3.8) is 0 Å². The molecule has 0 radical (unpaired) electrons. The van der Waals surface area contributed by atoms with Crippen molar-refractivity contribution in [1.82, 2.24) is 13.7 Å². The summed E-state index contributed by atoms with van der Waals surface area (Å²) in [5, 5.41) is 21.6. The maximum absolute atomic E-state index is 10.6. The first-order valence-electron chi connectivity index (χ1n) is 44.0. The summed E-state index contributed by atoms with van der Waals surface area (Å²) in [6.07, 6.45) is 0. The Morgan fingerprint density at radius 1 is 0.250 bits per heavy atom. The third-order valence-corrected chi connectivity index (χ3v) is 27.2. The van der Waals surface area contributed by atoms with Gasteiger partial charge in [-0.2, -0.15) is 5.26 Å². The number of para-hydroxylation sites is 8. The van der Waals surface area contributed by atoms with E-state index in [4.69, 9.17) is 8.83 Å². The van der Waals surface area contributed by atoms with E-state index in [9.17, 15) is 5.26 Å². The molecule has 0 spiro atoms. The highest BCUT2D eigenvalue weighted by molar-refractivity contribution is 7.00. The van der Waals surface area contributed by atoms with Gasteiger partial charge in [-0.1, -0.05) is 288 Å². The summed E-state index contributed by atoms with van der Waals surface area (Å²) in [4.78, 5) is 5.30. The molecule has 128 heavy (non-hydrogen) atoms. The smallest absolute Gasteiger partial charge is 0.252 e. The highest BCUT2D eigenvalue weighted by Crippen LogP contribution is 2.55. The fourth-order valence-electron chi connectivity index (χ4n) is 21.5. The van der Waals surface area contributed by atoms with Gasteiger partial charge in [0.2, 0.25) is 0 Å². The molecule has 598 valence electrons. The van der Waals surface area contributed by atoms with Crippen molar-refractivity contribution in [3.8, 4) is 89.9 Å². The first kappa shape index (κ1) is 72.9. The highest BCUT2D eigenvalue weighted by atomic mass is 16.3. The summed E-state index contributed by atoms with van der Waals surface area (Å²) in [5.41, 5.74) is 36.9. The van der Waals surface area contributed by atoms with Crippen molar-refractivity contribution >= 4 is 167 Å². The number of rotatable bonds is 11. The molecular formula is C119H77BN6O2. The first-order chi connectivity index (χ1) is 63.1. The molecular weight excluding hydrogens is 1560 g/mol. The van der Waals surface area contributed by atoms with Crippen LogP contribution in [0.25, 0.3) is 193 Å². The number of furan rings is 2. The SMILES string of the molecule is CC(C)(C)c1ccc(N2c3cc(-c4c(-c5ccc6c(c5)oc5ccccc56)cccc4-n4c5ccccc5c5ccccc54)ccc3B3c4ccc(-n5c6ccccc6c6cc(C#N)ccc65)cc4N(c4ccccc4-c4ccccc4)c4cc(-c5c(-c6ccc7oc8ccccc8c7c6)cccc5-n5c6ccccc6c6ccccc65)cc2c43)c(-c2ccccc2)c1. The van der Waals surface area contributed by atoms with E-state index in [1.807, 2.05) is 6.07 Å². The van der Waals surface area contributed by atoms with Crippen LogP contribution in [0.15, 0.2) is 421 Å². The Morgan fingerprint density at radius 3 is 1.28 bits per heavy atom. The van der Waals surface area contributed by atoms with E-state index in [1.165, 1.54) is 27.1 Å². The van der Waals surface area contributed by atoms with E-state index in [1.54, 1.807) is 0 Å². The zero-order chi connectivity index (χ0) is 84.7. The molecule has 24 aromatic rings. The molecule has 9 heteroatoms. The van der Waals surface area contributed by atoms with E-state index in [-0.39, 0.29) is 5.41 Å². The number of benzene rings is 19. The number of anilines is 6. The lowest BCUT2D eigenvalue weighted by Crippen LogP contribution is -2.61. The largest absolute Gasteiger partial charge is 0.456 e. The van der Waals surface area contributed by atoms with Crippen LogP contribution in [0.2, 0.25) is 0 Å². The summed E-state index contributed by atoms with van der Waals surface area (Å²) in [6.45, 7) is 6.60. The molecule has 0 atom stereocenters. The standard InChI is InChI=1S/C119H77BN6O2/c1-119(2,3)80-56-62-104(93(70-80)75-30-8-5-9-31-75)126-108-66-78(116-84(77-53-58-92-90-38-16-24-50-112(90)128-115(92)69-77)41-27-48-106(116)123-100-44-20-11-33-85(100)86-34-12-21-45-101(86)123)54-59-96(108)120-97-60-57-81(122-99-43-19-15-37-89(99)94-64-73(72-121)52-61-105(94)122)71-109(97)125(98-42-18-10-32-82(98)74-28-6-4-7-29-74)110-67-79(68-111(126)118(110)120)117-83(76-55-63-114-95(65-76)91-39-17-25-51-113(91)127-114)40-26-49-107(117)124-102-46-22-13-35-87(102)88-36-14-23-47-103(88)124/h4-71H,1-3H3. The molecule has 8 nitrogen and oxygen atoms in total. The molecule has 0 bridgehead atoms. The molecule has 2 aliphatic heterocycles. The zero-order valence-electron chi connectivity index (χ0n) is 70.3. The van der Waals surface area contributed by atoms with Crippen LogP contribution in [0.3, 0.4) is 0 Å². The van der Waals surface area contributed by atoms with Gasteiger partial charge in [-0.05, 0) is 217 Å².